The van der Waals surface area contributed by atoms with Gasteiger partial charge in [0.2, 0.25) is 11.7 Å². The van der Waals surface area contributed by atoms with Crippen LogP contribution in [0, 0.1) is 6.92 Å². The van der Waals surface area contributed by atoms with Crippen LogP contribution in [-0.4, -0.2) is 45.8 Å². The molecule has 0 saturated heterocycles. The molecule has 0 saturated carbocycles. The van der Waals surface area contributed by atoms with E-state index in [9.17, 15) is 9.18 Å². The Kier molecular flexibility index (Phi) is 3.64. The minimum absolute atomic E-state index is 0.0290. The lowest BCUT2D eigenvalue weighted by molar-refractivity contribution is 0.0754. The molecule has 0 bridgehead atoms. The maximum atomic E-state index is 12.2. The molecule has 2 aromatic rings. The zero-order valence-electron chi connectivity index (χ0n) is 11.1. The molecule has 2 rings (SSSR count). The van der Waals surface area contributed by atoms with Crippen molar-refractivity contribution in [2.24, 2.45) is 7.05 Å². The van der Waals surface area contributed by atoms with Crippen LogP contribution in [0.2, 0.25) is 0 Å². The molecule has 0 radical (unpaired) electrons. The molecule has 0 spiro atoms. The van der Waals surface area contributed by atoms with E-state index in [1.807, 2.05) is 0 Å². The number of aryl methyl sites for hydroxylation is 2. The van der Waals surface area contributed by atoms with Gasteiger partial charge in [0, 0.05) is 26.8 Å². The van der Waals surface area contributed by atoms with E-state index in [-0.39, 0.29) is 18.2 Å². The SMILES string of the molecule is Cc1nc(-c2cnn(C)c2)oc1C(=O)N(C)CCF. The molecule has 0 aliphatic carbocycles. The second kappa shape index (κ2) is 5.21. The van der Waals surface area contributed by atoms with E-state index in [2.05, 4.69) is 10.1 Å². The van der Waals surface area contributed by atoms with Crippen molar-refractivity contribution in [3.63, 3.8) is 0 Å². The van der Waals surface area contributed by atoms with Crippen LogP contribution in [0.3, 0.4) is 0 Å². The molecule has 1 amide bonds. The van der Waals surface area contributed by atoms with Crippen LogP contribution in [0.4, 0.5) is 4.39 Å². The van der Waals surface area contributed by atoms with E-state index in [1.54, 1.807) is 31.0 Å². The van der Waals surface area contributed by atoms with Gasteiger partial charge >= 0.3 is 0 Å². The first-order chi connectivity index (χ1) is 9.02. The molecule has 19 heavy (non-hydrogen) atoms. The van der Waals surface area contributed by atoms with Crippen LogP contribution < -0.4 is 0 Å². The largest absolute Gasteiger partial charge is 0.431 e. The van der Waals surface area contributed by atoms with Gasteiger partial charge in [-0.2, -0.15) is 5.10 Å². The Labute approximate surface area is 109 Å². The van der Waals surface area contributed by atoms with Crippen molar-refractivity contribution in [1.29, 1.82) is 0 Å². The van der Waals surface area contributed by atoms with Crippen molar-refractivity contribution in [3.05, 3.63) is 23.8 Å². The van der Waals surface area contributed by atoms with Crippen molar-refractivity contribution in [2.75, 3.05) is 20.3 Å². The highest BCUT2D eigenvalue weighted by Crippen LogP contribution is 2.21. The molecule has 2 heterocycles. The maximum absolute atomic E-state index is 12.2. The number of aromatic nitrogens is 3. The van der Waals surface area contributed by atoms with Gasteiger partial charge in [-0.05, 0) is 6.92 Å². The van der Waals surface area contributed by atoms with Crippen LogP contribution in [0.5, 0.6) is 0 Å². The Morgan fingerprint density at radius 3 is 2.89 bits per heavy atom. The van der Waals surface area contributed by atoms with Gasteiger partial charge in [0.25, 0.3) is 5.91 Å². The molecule has 0 N–H and O–H groups in total. The minimum atomic E-state index is -0.592. The van der Waals surface area contributed by atoms with Crippen LogP contribution in [0.1, 0.15) is 16.2 Å². The highest BCUT2D eigenvalue weighted by atomic mass is 19.1. The summed E-state index contributed by atoms with van der Waals surface area (Å²) in [5.74, 6) is 0.0928. The normalized spacial score (nSPS) is 10.7. The molecule has 0 fully saturated rings. The number of oxazole rings is 1. The van der Waals surface area contributed by atoms with Crippen molar-refractivity contribution >= 4 is 5.91 Å². The second-order valence-corrected chi connectivity index (χ2v) is 4.25. The van der Waals surface area contributed by atoms with Gasteiger partial charge in [-0.25, -0.2) is 9.37 Å². The van der Waals surface area contributed by atoms with Crippen LogP contribution in [0.25, 0.3) is 11.5 Å². The summed E-state index contributed by atoms with van der Waals surface area (Å²) in [5.41, 5.74) is 1.17. The lowest BCUT2D eigenvalue weighted by Gasteiger charge is -2.12. The fourth-order valence-electron chi connectivity index (χ4n) is 1.65. The number of carbonyl (C=O) groups is 1. The molecule has 0 aliphatic heterocycles. The number of carbonyl (C=O) groups excluding carboxylic acids is 1. The van der Waals surface area contributed by atoms with E-state index in [0.717, 1.165) is 0 Å². The Bertz CT molecular complexity index is 590. The third kappa shape index (κ3) is 2.64. The molecule has 2 aromatic heterocycles. The number of hydrogen-bond donors (Lipinski definition) is 0. The molecule has 0 atom stereocenters. The third-order valence-corrected chi connectivity index (χ3v) is 2.71. The Balaban J connectivity index is 2.29. The third-order valence-electron chi connectivity index (χ3n) is 2.71. The first kappa shape index (κ1) is 13.3. The molecule has 102 valence electrons. The first-order valence-corrected chi connectivity index (χ1v) is 5.80. The fourth-order valence-corrected chi connectivity index (χ4v) is 1.65. The van der Waals surface area contributed by atoms with Crippen molar-refractivity contribution < 1.29 is 13.6 Å². The smallest absolute Gasteiger partial charge is 0.291 e. The van der Waals surface area contributed by atoms with Crippen LogP contribution >= 0.6 is 0 Å². The minimum Gasteiger partial charge on any atom is -0.431 e. The highest BCUT2D eigenvalue weighted by molar-refractivity contribution is 5.92. The number of halogens is 1. The quantitative estimate of drug-likeness (QED) is 0.839. The summed E-state index contributed by atoms with van der Waals surface area (Å²) < 4.78 is 19.3. The maximum Gasteiger partial charge on any atom is 0.291 e. The lowest BCUT2D eigenvalue weighted by atomic mass is 10.3. The molecule has 0 aromatic carbocycles. The van der Waals surface area contributed by atoms with E-state index in [4.69, 9.17) is 4.42 Å². The summed E-state index contributed by atoms with van der Waals surface area (Å²) in [4.78, 5) is 17.5. The summed E-state index contributed by atoms with van der Waals surface area (Å²) >= 11 is 0. The fraction of sp³-hybridized carbons (Fsp3) is 0.417. The first-order valence-electron chi connectivity index (χ1n) is 5.80. The second-order valence-electron chi connectivity index (χ2n) is 4.25. The topological polar surface area (TPSA) is 64.2 Å². The summed E-state index contributed by atoms with van der Waals surface area (Å²) in [6.45, 7) is 1.12. The predicted molar refractivity (Wildman–Crippen MR) is 66.4 cm³/mol. The molecule has 7 heteroatoms. The standard InChI is InChI=1S/C12H15FN4O2/c1-8-10(12(18)16(2)5-4-13)19-11(15-8)9-6-14-17(3)7-9/h6-7H,4-5H2,1-3H3. The summed E-state index contributed by atoms with van der Waals surface area (Å²) in [5, 5.41) is 4.01. The summed E-state index contributed by atoms with van der Waals surface area (Å²) in [6, 6.07) is 0. The number of rotatable bonds is 4. The Hall–Kier alpha value is -2.18. The average Bonchev–Trinajstić information content (AvgIpc) is 2.95. The van der Waals surface area contributed by atoms with Gasteiger partial charge in [0.05, 0.1) is 17.5 Å². The van der Waals surface area contributed by atoms with E-state index in [1.165, 1.54) is 11.9 Å². The van der Waals surface area contributed by atoms with Gasteiger partial charge < -0.3 is 9.32 Å². The molecular formula is C12H15FN4O2. The predicted octanol–water partition coefficient (Wildman–Crippen LogP) is 1.43. The molecule has 0 aliphatic rings. The highest BCUT2D eigenvalue weighted by Gasteiger charge is 2.21. The van der Waals surface area contributed by atoms with E-state index < -0.39 is 6.67 Å². The van der Waals surface area contributed by atoms with Gasteiger partial charge in [-0.3, -0.25) is 9.48 Å². The molecule has 6 nitrogen and oxygen atoms in total. The van der Waals surface area contributed by atoms with Gasteiger partial charge in [0.15, 0.2) is 0 Å². The van der Waals surface area contributed by atoms with Crippen molar-refractivity contribution in [2.45, 2.75) is 6.92 Å². The Morgan fingerprint density at radius 2 is 2.32 bits per heavy atom. The van der Waals surface area contributed by atoms with Gasteiger partial charge in [-0.1, -0.05) is 0 Å². The number of hydrogen-bond acceptors (Lipinski definition) is 4. The zero-order valence-corrected chi connectivity index (χ0v) is 11.1. The van der Waals surface area contributed by atoms with Crippen LogP contribution in [0.15, 0.2) is 16.8 Å². The van der Waals surface area contributed by atoms with Gasteiger partial charge in [-0.15, -0.1) is 0 Å². The number of amides is 1. The average molecular weight is 266 g/mol. The number of alkyl halides is 1. The molecular weight excluding hydrogens is 251 g/mol. The zero-order chi connectivity index (χ0) is 14.0. The lowest BCUT2D eigenvalue weighted by Crippen LogP contribution is -2.28. The van der Waals surface area contributed by atoms with Crippen LogP contribution in [-0.2, 0) is 7.05 Å². The number of nitrogens with zero attached hydrogens (tertiary/aromatic N) is 4. The van der Waals surface area contributed by atoms with Crippen molar-refractivity contribution in [1.82, 2.24) is 19.7 Å². The molecule has 0 unspecified atom stereocenters. The van der Waals surface area contributed by atoms with E-state index in [0.29, 0.717) is 17.1 Å². The van der Waals surface area contributed by atoms with Gasteiger partial charge in [0.1, 0.15) is 6.67 Å². The summed E-state index contributed by atoms with van der Waals surface area (Å²) in [7, 11) is 3.30. The monoisotopic (exact) mass is 266 g/mol. The van der Waals surface area contributed by atoms with Crippen molar-refractivity contribution in [3.8, 4) is 11.5 Å². The summed E-state index contributed by atoms with van der Waals surface area (Å²) in [6.07, 6.45) is 3.34. The van der Waals surface area contributed by atoms with E-state index >= 15 is 0 Å². The Morgan fingerprint density at radius 1 is 1.58 bits per heavy atom.